The molecule has 0 N–H and O–H groups in total. The summed E-state index contributed by atoms with van der Waals surface area (Å²) in [6.07, 6.45) is 1.37. The van der Waals surface area contributed by atoms with E-state index in [1.807, 2.05) is 4.90 Å². The molecule has 0 bridgehead atoms. The normalized spacial score (nSPS) is 20.9. The zero-order valence-corrected chi connectivity index (χ0v) is 7.65. The molecule has 0 saturated carbocycles. The second-order valence-electron chi connectivity index (χ2n) is 3.32. The maximum absolute atomic E-state index is 12.9. The summed E-state index contributed by atoms with van der Waals surface area (Å²) in [6, 6.07) is 5.48. The minimum absolute atomic E-state index is 0.353. The van der Waals surface area contributed by atoms with Crippen LogP contribution in [0.1, 0.15) is 12.0 Å². The summed E-state index contributed by atoms with van der Waals surface area (Å²) in [6.45, 7) is 0.999. The van der Waals surface area contributed by atoms with Crippen molar-refractivity contribution in [3.05, 3.63) is 23.9 Å². The van der Waals surface area contributed by atoms with Gasteiger partial charge in [0.15, 0.2) is 0 Å². The van der Waals surface area contributed by atoms with Crippen LogP contribution in [0.4, 0.5) is 10.2 Å². The molecule has 0 amide bonds. The third-order valence-corrected chi connectivity index (χ3v) is 2.34. The van der Waals surface area contributed by atoms with Gasteiger partial charge in [0, 0.05) is 12.7 Å². The molecular formula is C10H10FN3. The zero-order valence-electron chi connectivity index (χ0n) is 7.65. The van der Waals surface area contributed by atoms with Crippen molar-refractivity contribution in [3.8, 4) is 6.07 Å². The van der Waals surface area contributed by atoms with Gasteiger partial charge in [-0.1, -0.05) is 0 Å². The van der Waals surface area contributed by atoms with Crippen molar-refractivity contribution in [2.45, 2.75) is 12.6 Å². The van der Waals surface area contributed by atoms with Crippen LogP contribution in [0.25, 0.3) is 0 Å². The first-order valence-corrected chi connectivity index (χ1v) is 4.55. The molecule has 1 aromatic rings. The van der Waals surface area contributed by atoms with E-state index in [1.165, 1.54) is 0 Å². The van der Waals surface area contributed by atoms with Gasteiger partial charge in [-0.15, -0.1) is 0 Å². The van der Waals surface area contributed by atoms with Gasteiger partial charge in [0.1, 0.15) is 18.1 Å². The van der Waals surface area contributed by atoms with Crippen molar-refractivity contribution in [1.29, 1.82) is 5.26 Å². The van der Waals surface area contributed by atoms with Crippen molar-refractivity contribution in [2.75, 3.05) is 18.0 Å². The van der Waals surface area contributed by atoms with Crippen molar-refractivity contribution in [2.24, 2.45) is 0 Å². The van der Waals surface area contributed by atoms with E-state index in [9.17, 15) is 4.39 Å². The number of nitriles is 1. The Bertz CT molecular complexity index is 372. The van der Waals surface area contributed by atoms with Gasteiger partial charge < -0.3 is 4.90 Å². The number of hydrogen-bond donors (Lipinski definition) is 0. The van der Waals surface area contributed by atoms with E-state index < -0.39 is 6.17 Å². The Morgan fingerprint density at radius 1 is 1.64 bits per heavy atom. The predicted molar refractivity (Wildman–Crippen MR) is 50.7 cm³/mol. The monoisotopic (exact) mass is 191 g/mol. The second-order valence-corrected chi connectivity index (χ2v) is 3.32. The fourth-order valence-electron chi connectivity index (χ4n) is 1.65. The highest BCUT2D eigenvalue weighted by Gasteiger charge is 2.24. The molecule has 1 aromatic heterocycles. The fourth-order valence-corrected chi connectivity index (χ4v) is 1.65. The molecule has 2 rings (SSSR count). The molecule has 1 atom stereocenters. The quantitative estimate of drug-likeness (QED) is 0.675. The molecule has 1 aliphatic heterocycles. The van der Waals surface area contributed by atoms with E-state index in [-0.39, 0.29) is 0 Å². The standard InChI is InChI=1S/C10H10FN3/c11-9-3-5-14(7-9)10-8(6-12)2-1-4-13-10/h1-2,4,9H,3,5,7H2. The van der Waals surface area contributed by atoms with Gasteiger partial charge >= 0.3 is 0 Å². The lowest BCUT2D eigenvalue weighted by atomic mass is 10.2. The third kappa shape index (κ3) is 1.53. The average molecular weight is 191 g/mol. The smallest absolute Gasteiger partial charge is 0.146 e. The third-order valence-electron chi connectivity index (χ3n) is 2.34. The van der Waals surface area contributed by atoms with Gasteiger partial charge in [-0.2, -0.15) is 5.26 Å². The molecule has 1 fully saturated rings. The molecule has 0 aliphatic carbocycles. The Morgan fingerprint density at radius 2 is 2.50 bits per heavy atom. The number of aromatic nitrogens is 1. The highest BCUT2D eigenvalue weighted by Crippen LogP contribution is 2.22. The number of rotatable bonds is 1. The van der Waals surface area contributed by atoms with Gasteiger partial charge in [0.25, 0.3) is 0 Å². The van der Waals surface area contributed by atoms with Crippen LogP contribution >= 0.6 is 0 Å². The number of alkyl halides is 1. The van der Waals surface area contributed by atoms with E-state index in [0.717, 1.165) is 0 Å². The number of anilines is 1. The molecular weight excluding hydrogens is 181 g/mol. The van der Waals surface area contributed by atoms with Crippen molar-refractivity contribution in [1.82, 2.24) is 4.98 Å². The molecule has 2 heterocycles. The van der Waals surface area contributed by atoms with Gasteiger partial charge in [0.05, 0.1) is 12.1 Å². The van der Waals surface area contributed by atoms with E-state index in [2.05, 4.69) is 11.1 Å². The Labute approximate surface area is 81.8 Å². The number of pyridine rings is 1. The summed E-state index contributed by atoms with van der Waals surface area (Å²) in [5.74, 6) is 0.607. The summed E-state index contributed by atoms with van der Waals surface area (Å²) in [4.78, 5) is 5.93. The predicted octanol–water partition coefficient (Wildman–Crippen LogP) is 1.50. The van der Waals surface area contributed by atoms with Crippen molar-refractivity contribution >= 4 is 5.82 Å². The minimum Gasteiger partial charge on any atom is -0.353 e. The Kier molecular flexibility index (Phi) is 2.32. The van der Waals surface area contributed by atoms with Crippen LogP contribution in [-0.4, -0.2) is 24.2 Å². The highest BCUT2D eigenvalue weighted by molar-refractivity contribution is 5.54. The van der Waals surface area contributed by atoms with Crippen LogP contribution in [0, 0.1) is 11.3 Å². The number of hydrogen-bond acceptors (Lipinski definition) is 3. The van der Waals surface area contributed by atoms with E-state index in [1.54, 1.807) is 18.3 Å². The van der Waals surface area contributed by atoms with Crippen LogP contribution in [0.5, 0.6) is 0 Å². The van der Waals surface area contributed by atoms with Gasteiger partial charge in [-0.25, -0.2) is 9.37 Å². The highest BCUT2D eigenvalue weighted by atomic mass is 19.1. The second kappa shape index (κ2) is 3.62. The van der Waals surface area contributed by atoms with Gasteiger partial charge in [-0.3, -0.25) is 0 Å². The lowest BCUT2D eigenvalue weighted by molar-refractivity contribution is 0.364. The van der Waals surface area contributed by atoms with Gasteiger partial charge in [0.2, 0.25) is 0 Å². The minimum atomic E-state index is -0.788. The zero-order chi connectivity index (χ0) is 9.97. The van der Waals surface area contributed by atoms with E-state index in [0.29, 0.717) is 30.9 Å². The lowest BCUT2D eigenvalue weighted by Gasteiger charge is -2.16. The van der Waals surface area contributed by atoms with Crippen molar-refractivity contribution < 1.29 is 4.39 Å². The Hall–Kier alpha value is -1.63. The maximum atomic E-state index is 12.9. The summed E-state index contributed by atoms with van der Waals surface area (Å²) >= 11 is 0. The molecule has 0 spiro atoms. The SMILES string of the molecule is N#Cc1cccnc1N1CCC(F)C1. The van der Waals surface area contributed by atoms with Crippen LogP contribution in [0.15, 0.2) is 18.3 Å². The lowest BCUT2D eigenvalue weighted by Crippen LogP contribution is -2.22. The molecule has 1 unspecified atom stereocenters. The van der Waals surface area contributed by atoms with E-state index in [4.69, 9.17) is 5.26 Å². The summed E-state index contributed by atoms with van der Waals surface area (Å²) in [7, 11) is 0. The summed E-state index contributed by atoms with van der Waals surface area (Å²) in [5, 5.41) is 8.83. The molecule has 3 nitrogen and oxygen atoms in total. The molecule has 1 saturated heterocycles. The van der Waals surface area contributed by atoms with Crippen molar-refractivity contribution in [3.63, 3.8) is 0 Å². The first-order chi connectivity index (χ1) is 6.81. The first kappa shape index (κ1) is 8.95. The largest absolute Gasteiger partial charge is 0.353 e. The molecule has 4 heteroatoms. The molecule has 72 valence electrons. The number of halogens is 1. The van der Waals surface area contributed by atoms with Crippen LogP contribution < -0.4 is 4.90 Å². The molecule has 1 aliphatic rings. The molecule has 0 aromatic carbocycles. The van der Waals surface area contributed by atoms with Crippen LogP contribution in [0.3, 0.4) is 0 Å². The number of nitrogens with zero attached hydrogens (tertiary/aromatic N) is 3. The molecule has 14 heavy (non-hydrogen) atoms. The first-order valence-electron chi connectivity index (χ1n) is 4.55. The summed E-state index contributed by atoms with van der Waals surface area (Å²) < 4.78 is 12.9. The van der Waals surface area contributed by atoms with E-state index >= 15 is 0 Å². The molecule has 0 radical (unpaired) electrons. The van der Waals surface area contributed by atoms with Crippen LogP contribution in [0.2, 0.25) is 0 Å². The van der Waals surface area contributed by atoms with Gasteiger partial charge in [-0.05, 0) is 18.6 Å². The fraction of sp³-hybridized carbons (Fsp3) is 0.400. The summed E-state index contributed by atoms with van der Waals surface area (Å²) in [5.41, 5.74) is 0.515. The Morgan fingerprint density at radius 3 is 3.14 bits per heavy atom. The average Bonchev–Trinajstić information content (AvgIpc) is 2.65. The Balaban J connectivity index is 2.28. The topological polar surface area (TPSA) is 39.9 Å². The van der Waals surface area contributed by atoms with Crippen LogP contribution in [-0.2, 0) is 0 Å². The maximum Gasteiger partial charge on any atom is 0.146 e.